The van der Waals surface area contributed by atoms with E-state index in [1.54, 1.807) is 31.3 Å². The number of likely N-dealkylation sites (N-methyl/N-ethyl adjacent to an activating group) is 1. The second-order valence-corrected chi connectivity index (χ2v) is 3.84. The van der Waals surface area contributed by atoms with E-state index in [1.165, 1.54) is 4.90 Å². The van der Waals surface area contributed by atoms with Crippen molar-refractivity contribution in [2.45, 2.75) is 0 Å². The summed E-state index contributed by atoms with van der Waals surface area (Å²) in [5.74, 6) is -1.16. The number of benzene rings is 1. The monoisotopic (exact) mass is 232 g/mol. The lowest BCUT2D eigenvalue weighted by Gasteiger charge is -2.14. The zero-order chi connectivity index (χ0) is 12.4. The number of carboxylic acid groups (broad SMARTS) is 1. The first-order valence-electron chi connectivity index (χ1n) is 5.13. The van der Waals surface area contributed by atoms with Gasteiger partial charge in [-0.2, -0.15) is 0 Å². The fraction of sp³-hybridized carbons (Fsp3) is 0.167. The van der Waals surface area contributed by atoms with Gasteiger partial charge < -0.3 is 15.3 Å². The minimum Gasteiger partial charge on any atom is -0.478 e. The third-order valence-electron chi connectivity index (χ3n) is 2.50. The van der Waals surface area contributed by atoms with Crippen LogP contribution in [-0.2, 0) is 4.79 Å². The Hall–Kier alpha value is -2.30. The largest absolute Gasteiger partial charge is 0.478 e. The smallest absolute Gasteiger partial charge is 0.330 e. The molecule has 1 heterocycles. The molecule has 0 aromatic heterocycles. The number of hydrogen-bond acceptors (Lipinski definition) is 3. The lowest BCUT2D eigenvalue weighted by molar-refractivity contribution is -0.131. The van der Waals surface area contributed by atoms with Crippen LogP contribution in [-0.4, -0.2) is 35.5 Å². The van der Waals surface area contributed by atoms with Crippen molar-refractivity contribution < 1.29 is 14.7 Å². The zero-order valence-electron chi connectivity index (χ0n) is 9.30. The van der Waals surface area contributed by atoms with Crippen molar-refractivity contribution in [3.8, 4) is 0 Å². The average Bonchev–Trinajstić information content (AvgIpc) is 2.37. The number of anilines is 1. The summed E-state index contributed by atoms with van der Waals surface area (Å²) in [6.45, 7) is 0.250. The normalized spacial score (nSPS) is 17.4. The Balaban J connectivity index is 2.45. The van der Waals surface area contributed by atoms with Crippen molar-refractivity contribution in [3.63, 3.8) is 0 Å². The molecule has 5 nitrogen and oxygen atoms in total. The van der Waals surface area contributed by atoms with Gasteiger partial charge in [0.1, 0.15) is 0 Å². The number of amides is 1. The predicted molar refractivity (Wildman–Crippen MR) is 62.7 cm³/mol. The van der Waals surface area contributed by atoms with Crippen molar-refractivity contribution in [1.29, 1.82) is 0 Å². The Kier molecular flexibility index (Phi) is 2.82. The van der Waals surface area contributed by atoms with Gasteiger partial charge >= 0.3 is 5.97 Å². The summed E-state index contributed by atoms with van der Waals surface area (Å²) < 4.78 is 0. The van der Waals surface area contributed by atoms with Gasteiger partial charge in [-0.15, -0.1) is 0 Å². The van der Waals surface area contributed by atoms with Crippen molar-refractivity contribution in [2.24, 2.45) is 0 Å². The van der Waals surface area contributed by atoms with Gasteiger partial charge in [0.2, 0.25) is 0 Å². The molecule has 0 spiro atoms. The molecule has 1 aromatic carbocycles. The molecule has 0 saturated carbocycles. The number of aliphatic carboxylic acids is 1. The third-order valence-corrected chi connectivity index (χ3v) is 2.50. The van der Waals surface area contributed by atoms with Gasteiger partial charge in [0.25, 0.3) is 5.91 Å². The molecule has 0 atom stereocenters. The van der Waals surface area contributed by atoms with E-state index in [2.05, 4.69) is 5.32 Å². The topological polar surface area (TPSA) is 69.6 Å². The van der Waals surface area contributed by atoms with Gasteiger partial charge in [0, 0.05) is 18.8 Å². The van der Waals surface area contributed by atoms with Crippen molar-refractivity contribution in [2.75, 3.05) is 18.9 Å². The molecule has 0 radical (unpaired) electrons. The van der Waals surface area contributed by atoms with Gasteiger partial charge in [0.15, 0.2) is 0 Å². The van der Waals surface area contributed by atoms with Gasteiger partial charge in [-0.3, -0.25) is 4.79 Å². The second-order valence-electron chi connectivity index (χ2n) is 3.84. The van der Waals surface area contributed by atoms with Crippen LogP contribution in [0.3, 0.4) is 0 Å². The number of para-hydroxylation sites is 1. The highest BCUT2D eigenvalue weighted by Crippen LogP contribution is 2.22. The maximum absolute atomic E-state index is 12.0. The molecule has 0 unspecified atom stereocenters. The van der Waals surface area contributed by atoms with E-state index in [0.29, 0.717) is 16.9 Å². The van der Waals surface area contributed by atoms with E-state index >= 15 is 0 Å². The molecule has 1 aliphatic heterocycles. The molecule has 1 aliphatic rings. The summed E-state index contributed by atoms with van der Waals surface area (Å²) in [6, 6.07) is 7.04. The first kappa shape index (κ1) is 11.2. The molecule has 1 aromatic rings. The number of carbonyl (C=O) groups excluding carboxylic acids is 1. The number of nitrogens with zero attached hydrogens (tertiary/aromatic N) is 1. The summed E-state index contributed by atoms with van der Waals surface area (Å²) in [7, 11) is 1.64. The van der Waals surface area contributed by atoms with E-state index in [1.807, 2.05) is 0 Å². The first-order valence-corrected chi connectivity index (χ1v) is 5.13. The fourth-order valence-corrected chi connectivity index (χ4v) is 1.75. The molecule has 0 saturated heterocycles. The summed E-state index contributed by atoms with van der Waals surface area (Å²) >= 11 is 0. The van der Waals surface area contributed by atoms with E-state index < -0.39 is 5.97 Å². The van der Waals surface area contributed by atoms with Gasteiger partial charge in [-0.05, 0) is 12.1 Å². The molecule has 1 amide bonds. The molecule has 0 bridgehead atoms. The minimum absolute atomic E-state index is 0.123. The van der Waals surface area contributed by atoms with Gasteiger partial charge in [0.05, 0.1) is 17.8 Å². The number of fused-ring (bicyclic) bond motifs is 1. The summed E-state index contributed by atoms with van der Waals surface area (Å²) in [6.07, 6.45) is 1.08. The second kappa shape index (κ2) is 4.29. The van der Waals surface area contributed by atoms with Crippen LogP contribution in [0.25, 0.3) is 0 Å². The number of carboxylic acids is 1. The summed E-state index contributed by atoms with van der Waals surface area (Å²) in [5.41, 5.74) is 1.66. The van der Waals surface area contributed by atoms with E-state index in [-0.39, 0.29) is 12.5 Å². The minimum atomic E-state index is -1.03. The van der Waals surface area contributed by atoms with Gasteiger partial charge in [-0.25, -0.2) is 4.79 Å². The van der Waals surface area contributed by atoms with Gasteiger partial charge in [-0.1, -0.05) is 12.1 Å². The number of nitrogens with one attached hydrogen (secondary N) is 1. The van der Waals surface area contributed by atoms with E-state index in [9.17, 15) is 9.59 Å². The highest BCUT2D eigenvalue weighted by atomic mass is 16.4. The molecule has 2 N–H and O–H groups in total. The van der Waals surface area contributed by atoms with Crippen molar-refractivity contribution >= 4 is 17.6 Å². The predicted octanol–water partition coefficient (Wildman–Crippen LogP) is 1.15. The quantitative estimate of drug-likeness (QED) is 0.713. The van der Waals surface area contributed by atoms with Crippen LogP contribution in [0.2, 0.25) is 0 Å². The lowest BCUT2D eigenvalue weighted by atomic mass is 10.1. The van der Waals surface area contributed by atoms with Crippen LogP contribution >= 0.6 is 0 Å². The van der Waals surface area contributed by atoms with Crippen LogP contribution in [0.5, 0.6) is 0 Å². The third kappa shape index (κ3) is 2.28. The summed E-state index contributed by atoms with van der Waals surface area (Å²) in [4.78, 5) is 24.1. The lowest BCUT2D eigenvalue weighted by Crippen LogP contribution is -2.27. The van der Waals surface area contributed by atoms with Crippen molar-refractivity contribution in [1.82, 2.24) is 4.90 Å². The van der Waals surface area contributed by atoms with E-state index in [0.717, 1.165) is 6.08 Å². The molecule has 17 heavy (non-hydrogen) atoms. The Morgan fingerprint density at radius 1 is 1.47 bits per heavy atom. The zero-order valence-corrected chi connectivity index (χ0v) is 9.30. The highest BCUT2D eigenvalue weighted by molar-refractivity contribution is 6.01. The molecule has 0 fully saturated rings. The number of carbonyl (C=O) groups is 2. The standard InChI is InChI=1S/C12H12N2O3/c1-14-7-8(6-11(15)16)13-10-5-3-2-4-9(10)12(14)17/h2-6,13H,7H2,1H3,(H,15,16). The van der Waals surface area contributed by atoms with Crippen molar-refractivity contribution in [3.05, 3.63) is 41.6 Å². The molecule has 5 heteroatoms. The van der Waals surface area contributed by atoms with Crippen LogP contribution in [0.15, 0.2) is 36.0 Å². The molecular weight excluding hydrogens is 220 g/mol. The Morgan fingerprint density at radius 2 is 2.18 bits per heavy atom. The fourth-order valence-electron chi connectivity index (χ4n) is 1.75. The Morgan fingerprint density at radius 3 is 2.88 bits per heavy atom. The van der Waals surface area contributed by atoms with Crippen LogP contribution < -0.4 is 5.32 Å². The molecule has 2 rings (SSSR count). The number of hydrogen-bond donors (Lipinski definition) is 2. The van der Waals surface area contributed by atoms with E-state index in [4.69, 9.17) is 5.11 Å². The maximum atomic E-state index is 12.0. The molecule has 0 aliphatic carbocycles. The summed E-state index contributed by atoms with van der Waals surface area (Å²) in [5, 5.41) is 11.7. The Bertz CT molecular complexity index is 508. The first-order chi connectivity index (χ1) is 8.08. The SMILES string of the molecule is CN1CC(=CC(=O)O)Nc2ccccc2C1=O. The average molecular weight is 232 g/mol. The van der Waals surface area contributed by atoms with Crippen LogP contribution in [0.4, 0.5) is 5.69 Å². The molecule has 88 valence electrons. The highest BCUT2D eigenvalue weighted by Gasteiger charge is 2.21. The maximum Gasteiger partial charge on any atom is 0.330 e. The van der Waals surface area contributed by atoms with Crippen LogP contribution in [0.1, 0.15) is 10.4 Å². The Labute approximate surface area is 98.4 Å². The molecular formula is C12H12N2O3. The van der Waals surface area contributed by atoms with Crippen LogP contribution in [0, 0.1) is 0 Å². The number of rotatable bonds is 1.